The van der Waals surface area contributed by atoms with Crippen molar-refractivity contribution in [1.82, 2.24) is 15.0 Å². The van der Waals surface area contributed by atoms with Gasteiger partial charge in [-0.1, -0.05) is 170 Å². The average Bonchev–Trinajstić information content (AvgIpc) is 3.72. The van der Waals surface area contributed by atoms with E-state index >= 15 is 0 Å². The third kappa shape index (κ3) is 5.83. The van der Waals surface area contributed by atoms with E-state index in [9.17, 15) is 0 Å². The van der Waals surface area contributed by atoms with Gasteiger partial charge >= 0.3 is 0 Å². The average molecular weight is 728 g/mol. The van der Waals surface area contributed by atoms with E-state index in [0.717, 1.165) is 83.0 Å². The molecule has 0 radical (unpaired) electrons. The van der Waals surface area contributed by atoms with Crippen molar-refractivity contribution in [3.63, 3.8) is 0 Å². The number of rotatable bonds is 6. The van der Waals surface area contributed by atoms with E-state index in [-0.39, 0.29) is 0 Å². The molecule has 0 atom stereocenters. The number of aromatic nitrogens is 3. The fourth-order valence-electron chi connectivity index (χ4n) is 8.13. The highest BCUT2D eigenvalue weighted by Gasteiger charge is 2.17. The second-order valence-electron chi connectivity index (χ2n) is 14.4. The van der Waals surface area contributed by atoms with Gasteiger partial charge in [0.25, 0.3) is 0 Å². The van der Waals surface area contributed by atoms with Crippen LogP contribution in [0.3, 0.4) is 0 Å². The fraction of sp³-hybridized carbons (Fsp3) is 0. The summed E-state index contributed by atoms with van der Waals surface area (Å²) in [5.74, 6) is 1.33. The van der Waals surface area contributed by atoms with Crippen LogP contribution in [-0.2, 0) is 0 Å². The van der Waals surface area contributed by atoms with Gasteiger partial charge < -0.3 is 4.42 Å². The van der Waals surface area contributed by atoms with E-state index in [4.69, 9.17) is 19.4 Å². The summed E-state index contributed by atoms with van der Waals surface area (Å²) in [5.41, 5.74) is 13.3. The van der Waals surface area contributed by atoms with Crippen molar-refractivity contribution < 1.29 is 4.42 Å². The minimum Gasteiger partial charge on any atom is -0.436 e. The van der Waals surface area contributed by atoms with E-state index in [1.807, 2.05) is 24.3 Å². The maximum Gasteiger partial charge on any atom is 0.227 e. The molecule has 11 aromatic rings. The summed E-state index contributed by atoms with van der Waals surface area (Å²) in [4.78, 5) is 15.1. The zero-order chi connectivity index (χ0) is 37.7. The van der Waals surface area contributed by atoms with Crippen molar-refractivity contribution in [1.29, 1.82) is 0 Å². The molecule has 0 saturated heterocycles. The Labute approximate surface area is 329 Å². The van der Waals surface area contributed by atoms with Crippen LogP contribution in [0.2, 0.25) is 0 Å². The van der Waals surface area contributed by atoms with Crippen LogP contribution in [0.4, 0.5) is 0 Å². The molecule has 0 aliphatic rings. The molecule has 0 aliphatic carbocycles. The molecule has 0 aliphatic heterocycles. The van der Waals surface area contributed by atoms with Crippen LogP contribution in [0.25, 0.3) is 111 Å². The van der Waals surface area contributed by atoms with Gasteiger partial charge in [-0.15, -0.1) is 0 Å². The zero-order valence-electron chi connectivity index (χ0n) is 30.8. The van der Waals surface area contributed by atoms with Crippen molar-refractivity contribution in [2.45, 2.75) is 0 Å². The van der Waals surface area contributed by atoms with Crippen molar-refractivity contribution in [2.24, 2.45) is 0 Å². The highest BCUT2D eigenvalue weighted by molar-refractivity contribution is 6.05. The summed E-state index contributed by atoms with van der Waals surface area (Å²) >= 11 is 0. The number of nitrogens with zero attached hydrogens (tertiary/aromatic N) is 3. The smallest absolute Gasteiger partial charge is 0.227 e. The maximum absolute atomic E-state index is 6.31. The summed E-state index contributed by atoms with van der Waals surface area (Å²) in [6.45, 7) is 0. The number of fused-ring (bicyclic) bond motifs is 4. The summed E-state index contributed by atoms with van der Waals surface area (Å²) in [6.07, 6.45) is 0. The predicted molar refractivity (Wildman–Crippen MR) is 235 cm³/mol. The van der Waals surface area contributed by atoms with Gasteiger partial charge in [0.15, 0.2) is 11.4 Å². The predicted octanol–water partition coefficient (Wildman–Crippen LogP) is 14.1. The van der Waals surface area contributed by atoms with Crippen molar-refractivity contribution in [3.05, 3.63) is 200 Å². The second-order valence-corrected chi connectivity index (χ2v) is 14.4. The molecule has 0 unspecified atom stereocenters. The van der Waals surface area contributed by atoms with Crippen LogP contribution in [0.15, 0.2) is 205 Å². The lowest BCUT2D eigenvalue weighted by atomic mass is 9.88. The van der Waals surface area contributed by atoms with Crippen molar-refractivity contribution in [3.8, 4) is 67.5 Å². The second kappa shape index (κ2) is 13.6. The molecular formula is C53H33N3O. The van der Waals surface area contributed by atoms with E-state index in [0.29, 0.717) is 11.7 Å². The lowest BCUT2D eigenvalue weighted by Crippen LogP contribution is -1.95. The minimum absolute atomic E-state index is 0.628. The molecule has 4 heteroatoms. The molecule has 0 amide bonds. The summed E-state index contributed by atoms with van der Waals surface area (Å²) in [6, 6.07) is 70.0. The van der Waals surface area contributed by atoms with Crippen LogP contribution < -0.4 is 0 Å². The fourth-order valence-corrected chi connectivity index (χ4v) is 8.13. The van der Waals surface area contributed by atoms with Gasteiger partial charge in [-0.3, -0.25) is 0 Å². The van der Waals surface area contributed by atoms with Gasteiger partial charge in [0.2, 0.25) is 5.89 Å². The molecule has 9 aromatic carbocycles. The minimum atomic E-state index is 0.628. The highest BCUT2D eigenvalue weighted by Crippen LogP contribution is 2.41. The molecule has 11 rings (SSSR count). The quantitative estimate of drug-likeness (QED) is 0.171. The zero-order valence-corrected chi connectivity index (χ0v) is 30.8. The Hall–Kier alpha value is -7.69. The van der Waals surface area contributed by atoms with Gasteiger partial charge in [0.1, 0.15) is 5.52 Å². The van der Waals surface area contributed by atoms with Gasteiger partial charge in [-0.2, -0.15) is 0 Å². The van der Waals surface area contributed by atoms with Crippen LogP contribution in [0, 0.1) is 0 Å². The van der Waals surface area contributed by atoms with Crippen LogP contribution in [-0.4, -0.2) is 15.0 Å². The summed E-state index contributed by atoms with van der Waals surface area (Å²) in [7, 11) is 0. The first-order valence-corrected chi connectivity index (χ1v) is 19.2. The first-order valence-electron chi connectivity index (χ1n) is 19.2. The third-order valence-corrected chi connectivity index (χ3v) is 10.9. The van der Waals surface area contributed by atoms with Crippen molar-refractivity contribution in [2.75, 3.05) is 0 Å². The molecule has 0 saturated carbocycles. The number of hydrogen-bond acceptors (Lipinski definition) is 4. The maximum atomic E-state index is 6.31. The standard InChI is InChI=1S/C53H33N3O/c1-2-14-37(15-3-1)51-46-21-8-9-23-47(46)54-52(56-51)38-26-24-36(25-27-38)50-43-20-7-5-13-35(43)28-30-44(50)41-18-10-17-39(32-41)40-29-31-49-48(33-40)55-53(57-49)45-22-11-16-34-12-4-6-19-42(34)45/h1-33H. The van der Waals surface area contributed by atoms with Gasteiger partial charge in [-0.05, 0) is 85.3 Å². The molecule has 0 fully saturated rings. The van der Waals surface area contributed by atoms with E-state index < -0.39 is 0 Å². The van der Waals surface area contributed by atoms with Gasteiger partial charge in [0.05, 0.1) is 11.2 Å². The molecule has 0 N–H and O–H groups in total. The first kappa shape index (κ1) is 32.7. The Morgan fingerprint density at radius 3 is 1.82 bits per heavy atom. The Morgan fingerprint density at radius 2 is 0.965 bits per heavy atom. The van der Waals surface area contributed by atoms with E-state index in [1.165, 1.54) is 16.3 Å². The monoisotopic (exact) mass is 727 g/mol. The Morgan fingerprint density at radius 1 is 0.333 bits per heavy atom. The van der Waals surface area contributed by atoms with Crippen LogP contribution in [0.1, 0.15) is 0 Å². The SMILES string of the molecule is c1ccc(-c2nc(-c3ccc(-c4c(-c5cccc(-c6ccc7oc(-c8cccc9ccccc89)nc7c6)c5)ccc5ccccc45)cc3)nc3ccccc23)cc1. The normalized spacial score (nSPS) is 11.5. The number of oxazole rings is 1. The Kier molecular flexibility index (Phi) is 7.78. The van der Waals surface area contributed by atoms with Gasteiger partial charge in [0, 0.05) is 22.1 Å². The lowest BCUT2D eigenvalue weighted by Gasteiger charge is -2.16. The third-order valence-electron chi connectivity index (χ3n) is 10.9. The van der Waals surface area contributed by atoms with Crippen molar-refractivity contribution >= 4 is 43.5 Å². The topological polar surface area (TPSA) is 51.8 Å². The summed E-state index contributed by atoms with van der Waals surface area (Å²) < 4.78 is 6.31. The van der Waals surface area contributed by atoms with E-state index in [1.54, 1.807) is 0 Å². The molecule has 0 spiro atoms. The molecule has 57 heavy (non-hydrogen) atoms. The molecule has 0 bridgehead atoms. The Balaban J connectivity index is 0.983. The van der Waals surface area contributed by atoms with Crippen LogP contribution in [0.5, 0.6) is 0 Å². The molecule has 4 nitrogen and oxygen atoms in total. The first-order chi connectivity index (χ1) is 28.2. The highest BCUT2D eigenvalue weighted by atomic mass is 16.3. The number of para-hydroxylation sites is 1. The Bertz CT molecular complexity index is 3290. The largest absolute Gasteiger partial charge is 0.436 e. The van der Waals surface area contributed by atoms with E-state index in [2.05, 4.69) is 176 Å². The molecular weight excluding hydrogens is 695 g/mol. The van der Waals surface area contributed by atoms with Crippen LogP contribution >= 0.6 is 0 Å². The van der Waals surface area contributed by atoms with Gasteiger partial charge in [-0.25, -0.2) is 15.0 Å². The number of hydrogen-bond donors (Lipinski definition) is 0. The lowest BCUT2D eigenvalue weighted by molar-refractivity contribution is 0.620. The molecule has 266 valence electrons. The molecule has 2 aromatic heterocycles. The summed E-state index contributed by atoms with van der Waals surface area (Å²) in [5, 5.41) is 5.72. The number of benzene rings is 9. The molecule has 2 heterocycles.